The standard InChI is InChI=1S/C25H29N3O7/c1-6-35-23-18(33-4)12-10-15(11-13-20(30)34-5)22(23)28-24(31)16-8-7-9-17(21(16)25(28)32)26-19(29)14-27(2)3/h7-10,12H,6,11,13-14H2,1-5H3,(H,26,29). The maximum absolute atomic E-state index is 13.7. The Hall–Kier alpha value is -3.92. The van der Waals surface area contributed by atoms with Gasteiger partial charge in [0.25, 0.3) is 11.8 Å². The number of likely N-dealkylation sites (N-methyl/N-ethyl adjacent to an activating group) is 1. The fourth-order valence-electron chi connectivity index (χ4n) is 3.89. The first kappa shape index (κ1) is 25.7. The van der Waals surface area contributed by atoms with Crippen LogP contribution in [0.1, 0.15) is 39.6 Å². The smallest absolute Gasteiger partial charge is 0.305 e. The molecule has 1 aliphatic heterocycles. The van der Waals surface area contributed by atoms with E-state index in [-0.39, 0.29) is 60.2 Å². The van der Waals surface area contributed by atoms with E-state index in [9.17, 15) is 19.2 Å². The lowest BCUT2D eigenvalue weighted by atomic mass is 10.0. The van der Waals surface area contributed by atoms with Crippen molar-refractivity contribution < 1.29 is 33.4 Å². The van der Waals surface area contributed by atoms with Crippen molar-refractivity contribution in [3.05, 3.63) is 47.0 Å². The SMILES string of the molecule is CCOc1c(OC)ccc(CCC(=O)OC)c1N1C(=O)c2cccc(NC(=O)CN(C)C)c2C1=O. The van der Waals surface area contributed by atoms with Crippen molar-refractivity contribution in [3.8, 4) is 11.5 Å². The van der Waals surface area contributed by atoms with Crippen LogP contribution in [-0.2, 0) is 20.7 Å². The topological polar surface area (TPSA) is 114 Å². The Kier molecular flexibility index (Phi) is 8.08. The Morgan fingerprint density at radius 2 is 1.80 bits per heavy atom. The van der Waals surface area contributed by atoms with Gasteiger partial charge in [0.15, 0.2) is 11.5 Å². The molecule has 0 atom stereocenters. The zero-order valence-electron chi connectivity index (χ0n) is 20.5. The van der Waals surface area contributed by atoms with Crippen LogP contribution in [0, 0.1) is 0 Å². The Labute approximate surface area is 203 Å². The van der Waals surface area contributed by atoms with E-state index in [2.05, 4.69) is 5.32 Å². The van der Waals surface area contributed by atoms with Crippen molar-refractivity contribution in [1.29, 1.82) is 0 Å². The molecule has 0 saturated carbocycles. The zero-order valence-corrected chi connectivity index (χ0v) is 20.5. The number of aryl methyl sites for hydroxylation is 1. The molecule has 186 valence electrons. The number of amides is 3. The Balaban J connectivity index is 2.12. The number of benzene rings is 2. The summed E-state index contributed by atoms with van der Waals surface area (Å²) in [5.74, 6) is -1.39. The highest BCUT2D eigenvalue weighted by Crippen LogP contribution is 2.45. The lowest BCUT2D eigenvalue weighted by Gasteiger charge is -2.23. The molecule has 2 aromatic carbocycles. The summed E-state index contributed by atoms with van der Waals surface area (Å²) in [5.41, 5.74) is 1.22. The second-order valence-corrected chi connectivity index (χ2v) is 8.07. The molecule has 0 bridgehead atoms. The molecule has 35 heavy (non-hydrogen) atoms. The van der Waals surface area contributed by atoms with Gasteiger partial charge >= 0.3 is 5.97 Å². The van der Waals surface area contributed by atoms with E-state index in [1.165, 1.54) is 20.3 Å². The fraction of sp³-hybridized carbons (Fsp3) is 0.360. The highest BCUT2D eigenvalue weighted by molar-refractivity contribution is 6.37. The lowest BCUT2D eigenvalue weighted by molar-refractivity contribution is -0.140. The third-order valence-corrected chi connectivity index (χ3v) is 5.39. The molecular weight excluding hydrogens is 454 g/mol. The number of rotatable bonds is 10. The van der Waals surface area contributed by atoms with Crippen LogP contribution in [0.25, 0.3) is 0 Å². The molecule has 10 nitrogen and oxygen atoms in total. The number of ether oxygens (including phenoxy) is 3. The van der Waals surface area contributed by atoms with Crippen molar-refractivity contribution in [2.24, 2.45) is 0 Å². The van der Waals surface area contributed by atoms with Crippen LogP contribution in [-0.4, -0.2) is 70.1 Å². The van der Waals surface area contributed by atoms with Crippen molar-refractivity contribution in [1.82, 2.24) is 4.90 Å². The van der Waals surface area contributed by atoms with Crippen molar-refractivity contribution >= 4 is 35.1 Å². The predicted octanol–water partition coefficient (Wildman–Crippen LogP) is 2.50. The van der Waals surface area contributed by atoms with E-state index in [0.717, 1.165) is 4.90 Å². The predicted molar refractivity (Wildman–Crippen MR) is 129 cm³/mol. The van der Waals surface area contributed by atoms with Crippen molar-refractivity contribution in [2.45, 2.75) is 19.8 Å². The van der Waals surface area contributed by atoms with E-state index in [1.807, 2.05) is 0 Å². The number of imide groups is 1. The highest BCUT2D eigenvalue weighted by atomic mass is 16.5. The van der Waals surface area contributed by atoms with E-state index in [1.54, 1.807) is 50.2 Å². The largest absolute Gasteiger partial charge is 0.493 e. The van der Waals surface area contributed by atoms with E-state index < -0.39 is 17.8 Å². The van der Waals surface area contributed by atoms with Crippen LogP contribution in [0.2, 0.25) is 0 Å². The zero-order chi connectivity index (χ0) is 25.7. The lowest BCUT2D eigenvalue weighted by Crippen LogP contribution is -2.31. The Morgan fingerprint density at radius 3 is 2.43 bits per heavy atom. The summed E-state index contributed by atoms with van der Waals surface area (Å²) in [6, 6.07) is 8.06. The fourth-order valence-corrected chi connectivity index (χ4v) is 3.89. The van der Waals surface area contributed by atoms with Gasteiger partial charge in [0.2, 0.25) is 5.91 Å². The van der Waals surface area contributed by atoms with Crippen LogP contribution in [0.3, 0.4) is 0 Å². The average molecular weight is 484 g/mol. The molecule has 10 heteroatoms. The minimum Gasteiger partial charge on any atom is -0.493 e. The second-order valence-electron chi connectivity index (χ2n) is 8.07. The van der Waals surface area contributed by atoms with Gasteiger partial charge in [0.05, 0.1) is 44.2 Å². The van der Waals surface area contributed by atoms with Crippen molar-refractivity contribution in [3.63, 3.8) is 0 Å². The molecule has 3 rings (SSSR count). The number of carbonyl (C=O) groups is 4. The summed E-state index contributed by atoms with van der Waals surface area (Å²) >= 11 is 0. The number of hydrogen-bond donors (Lipinski definition) is 1. The van der Waals surface area contributed by atoms with E-state index >= 15 is 0 Å². The first-order chi connectivity index (χ1) is 16.7. The third kappa shape index (κ3) is 5.27. The molecule has 1 aliphatic rings. The van der Waals surface area contributed by atoms with Gasteiger partial charge in [-0.3, -0.25) is 19.2 Å². The van der Waals surface area contributed by atoms with Gasteiger partial charge in [-0.1, -0.05) is 12.1 Å². The van der Waals surface area contributed by atoms with Gasteiger partial charge in [0.1, 0.15) is 5.69 Å². The summed E-state index contributed by atoms with van der Waals surface area (Å²) in [7, 11) is 6.24. The summed E-state index contributed by atoms with van der Waals surface area (Å²) in [4.78, 5) is 54.1. The molecule has 1 heterocycles. The van der Waals surface area contributed by atoms with E-state index in [0.29, 0.717) is 11.3 Å². The number of fused-ring (bicyclic) bond motifs is 1. The highest BCUT2D eigenvalue weighted by Gasteiger charge is 2.41. The van der Waals surface area contributed by atoms with Crippen LogP contribution in [0.15, 0.2) is 30.3 Å². The molecule has 0 spiro atoms. The quantitative estimate of drug-likeness (QED) is 0.405. The normalized spacial score (nSPS) is 12.6. The number of nitrogens with one attached hydrogen (secondary N) is 1. The third-order valence-electron chi connectivity index (χ3n) is 5.39. The van der Waals surface area contributed by atoms with Crippen LogP contribution in [0.4, 0.5) is 11.4 Å². The number of methoxy groups -OCH3 is 2. The van der Waals surface area contributed by atoms with E-state index in [4.69, 9.17) is 14.2 Å². The second kappa shape index (κ2) is 11.0. The number of hydrogen-bond acceptors (Lipinski definition) is 8. The minimum atomic E-state index is -0.612. The molecule has 0 saturated heterocycles. The van der Waals surface area contributed by atoms with Crippen LogP contribution >= 0.6 is 0 Å². The number of nitrogens with zero attached hydrogens (tertiary/aromatic N) is 2. The van der Waals surface area contributed by atoms with Gasteiger partial charge in [-0.05, 0) is 51.2 Å². The summed E-state index contributed by atoms with van der Waals surface area (Å²) < 4.78 is 16.0. The molecular formula is C25H29N3O7. The minimum absolute atomic E-state index is 0.0381. The van der Waals surface area contributed by atoms with Gasteiger partial charge in [-0.25, -0.2) is 4.90 Å². The van der Waals surface area contributed by atoms with Crippen LogP contribution < -0.4 is 19.7 Å². The Morgan fingerprint density at radius 1 is 1.06 bits per heavy atom. The number of carbonyl (C=O) groups excluding carboxylic acids is 4. The van der Waals surface area contributed by atoms with Crippen molar-refractivity contribution in [2.75, 3.05) is 51.7 Å². The van der Waals surface area contributed by atoms with Gasteiger partial charge < -0.3 is 24.4 Å². The first-order valence-corrected chi connectivity index (χ1v) is 11.1. The van der Waals surface area contributed by atoms with Gasteiger partial charge in [0, 0.05) is 6.42 Å². The first-order valence-electron chi connectivity index (χ1n) is 11.1. The maximum atomic E-state index is 13.7. The molecule has 0 radical (unpaired) electrons. The summed E-state index contributed by atoms with van der Waals surface area (Å²) in [5, 5.41) is 2.72. The summed E-state index contributed by atoms with van der Waals surface area (Å²) in [6.45, 7) is 2.13. The number of esters is 1. The maximum Gasteiger partial charge on any atom is 0.305 e. The average Bonchev–Trinajstić information content (AvgIpc) is 3.07. The van der Waals surface area contributed by atoms with Gasteiger partial charge in [-0.2, -0.15) is 0 Å². The summed E-state index contributed by atoms with van der Waals surface area (Å²) in [6.07, 6.45) is 0.238. The molecule has 3 amide bonds. The monoisotopic (exact) mass is 483 g/mol. The molecule has 0 aromatic heterocycles. The molecule has 1 N–H and O–H groups in total. The molecule has 2 aromatic rings. The van der Waals surface area contributed by atoms with Crippen LogP contribution in [0.5, 0.6) is 11.5 Å². The molecule has 0 unspecified atom stereocenters. The molecule has 0 fully saturated rings. The number of anilines is 2. The van der Waals surface area contributed by atoms with Gasteiger partial charge in [-0.15, -0.1) is 0 Å². The molecule has 0 aliphatic carbocycles. The Bertz CT molecular complexity index is 1160.